The Hall–Kier alpha value is -2.89. The average molecular weight is 1130 g/mol. The molecular weight excluding hydrogens is 997 g/mol. The van der Waals surface area contributed by atoms with E-state index in [-0.39, 0.29) is 31.1 Å². The van der Waals surface area contributed by atoms with Crippen LogP contribution in [0.5, 0.6) is 0 Å². The second kappa shape index (κ2) is 69.6. The first-order chi connectivity index (χ1) is 40.0. The number of rotatable bonds is 66. The molecule has 81 heavy (non-hydrogen) atoms. The predicted octanol–water partition coefficient (Wildman–Crippen LogP) is 24.7. The van der Waals surface area contributed by atoms with Crippen LogP contribution in [0, 0.1) is 0 Å². The highest BCUT2D eigenvalue weighted by Crippen LogP contribution is 2.18. The van der Waals surface area contributed by atoms with Crippen LogP contribution in [0.4, 0.5) is 0 Å². The smallest absolute Gasteiger partial charge is 0.306 e. The van der Waals surface area contributed by atoms with E-state index in [4.69, 9.17) is 14.2 Å². The van der Waals surface area contributed by atoms with Gasteiger partial charge in [0.2, 0.25) is 0 Å². The van der Waals surface area contributed by atoms with E-state index >= 15 is 0 Å². The fraction of sp³-hybridized carbons (Fsp3) is 0.827. The monoisotopic (exact) mass is 1130 g/mol. The lowest BCUT2D eigenvalue weighted by Crippen LogP contribution is -2.30. The van der Waals surface area contributed by atoms with Gasteiger partial charge in [-0.1, -0.05) is 338 Å². The van der Waals surface area contributed by atoms with Crippen molar-refractivity contribution in [3.05, 3.63) is 60.8 Å². The molecule has 0 saturated heterocycles. The van der Waals surface area contributed by atoms with Crippen LogP contribution < -0.4 is 0 Å². The molecule has 6 heteroatoms. The molecule has 472 valence electrons. The molecule has 1 unspecified atom stereocenters. The molecule has 0 spiro atoms. The molecule has 6 nitrogen and oxygen atoms in total. The van der Waals surface area contributed by atoms with Gasteiger partial charge in [-0.25, -0.2) is 0 Å². The molecule has 0 aliphatic heterocycles. The fourth-order valence-corrected chi connectivity index (χ4v) is 10.7. The van der Waals surface area contributed by atoms with Gasteiger partial charge in [-0.05, 0) is 83.5 Å². The van der Waals surface area contributed by atoms with E-state index in [0.29, 0.717) is 19.3 Å². The van der Waals surface area contributed by atoms with Gasteiger partial charge in [-0.3, -0.25) is 14.4 Å². The van der Waals surface area contributed by atoms with E-state index in [1.54, 1.807) is 0 Å². The van der Waals surface area contributed by atoms with Crippen LogP contribution in [0.15, 0.2) is 60.8 Å². The van der Waals surface area contributed by atoms with Crippen LogP contribution in [0.3, 0.4) is 0 Å². The molecule has 0 aromatic heterocycles. The molecule has 0 radical (unpaired) electrons. The Bertz CT molecular complexity index is 1440. The number of carbonyl (C=O) groups excluding carboxylic acids is 3. The first-order valence-electron chi connectivity index (χ1n) is 35.8. The summed E-state index contributed by atoms with van der Waals surface area (Å²) in [7, 11) is 0. The van der Waals surface area contributed by atoms with Crippen molar-refractivity contribution >= 4 is 17.9 Å². The highest BCUT2D eigenvalue weighted by molar-refractivity contribution is 5.71. The zero-order valence-corrected chi connectivity index (χ0v) is 54.3. The topological polar surface area (TPSA) is 78.9 Å². The van der Waals surface area contributed by atoms with Crippen LogP contribution in [-0.2, 0) is 28.6 Å². The summed E-state index contributed by atoms with van der Waals surface area (Å²) in [5.74, 6) is -0.884. The lowest BCUT2D eigenvalue weighted by atomic mass is 10.0. The number of allylic oxidation sites excluding steroid dienone is 10. The second-order valence-electron chi connectivity index (χ2n) is 24.1. The summed E-state index contributed by atoms with van der Waals surface area (Å²) in [6.45, 7) is 6.55. The van der Waals surface area contributed by atoms with Crippen molar-refractivity contribution in [3.8, 4) is 0 Å². The number of hydrogen-bond donors (Lipinski definition) is 0. The first kappa shape index (κ1) is 78.1. The van der Waals surface area contributed by atoms with Crippen LogP contribution in [0.1, 0.15) is 380 Å². The Morgan fingerprint density at radius 2 is 0.481 bits per heavy atom. The molecule has 0 amide bonds. The van der Waals surface area contributed by atoms with E-state index in [1.165, 1.54) is 244 Å². The molecule has 0 aliphatic carbocycles. The molecule has 0 aromatic carbocycles. The highest BCUT2D eigenvalue weighted by Gasteiger charge is 2.19. The summed E-state index contributed by atoms with van der Waals surface area (Å²) in [5.41, 5.74) is 0. The number of esters is 3. The van der Waals surface area contributed by atoms with Gasteiger partial charge < -0.3 is 14.2 Å². The summed E-state index contributed by atoms with van der Waals surface area (Å²) >= 11 is 0. The molecular formula is C75H136O6. The third kappa shape index (κ3) is 67.8. The summed E-state index contributed by atoms with van der Waals surface area (Å²) in [6, 6.07) is 0. The SMILES string of the molecule is CC/C=C\C/C=C\C/C=C\C/C=C\CCCCCCC(=O)OC(COC(=O)CCCCCCCCCCCCC)COC(=O)CCCCCCCCCCCCCCCCCCCCCCCCC/C=C\CCCCCCCCCC. The molecule has 0 bridgehead atoms. The Kier molecular flexibility index (Phi) is 67.1. The van der Waals surface area contributed by atoms with Gasteiger partial charge in [0.25, 0.3) is 0 Å². The average Bonchev–Trinajstić information content (AvgIpc) is 3.47. The lowest BCUT2D eigenvalue weighted by molar-refractivity contribution is -0.167. The van der Waals surface area contributed by atoms with E-state index in [0.717, 1.165) is 96.3 Å². The summed E-state index contributed by atoms with van der Waals surface area (Å²) in [5, 5.41) is 0. The molecule has 0 aromatic rings. The van der Waals surface area contributed by atoms with Crippen molar-refractivity contribution in [2.75, 3.05) is 13.2 Å². The number of ether oxygens (including phenoxy) is 3. The van der Waals surface area contributed by atoms with E-state index < -0.39 is 6.10 Å². The molecule has 0 N–H and O–H groups in total. The largest absolute Gasteiger partial charge is 0.462 e. The van der Waals surface area contributed by atoms with Crippen LogP contribution in [0.2, 0.25) is 0 Å². The molecule has 0 fully saturated rings. The molecule has 0 aliphatic rings. The van der Waals surface area contributed by atoms with E-state index in [9.17, 15) is 14.4 Å². The van der Waals surface area contributed by atoms with Crippen molar-refractivity contribution < 1.29 is 28.6 Å². The first-order valence-corrected chi connectivity index (χ1v) is 35.8. The zero-order chi connectivity index (χ0) is 58.5. The Morgan fingerprint density at radius 1 is 0.259 bits per heavy atom. The minimum absolute atomic E-state index is 0.0797. The third-order valence-corrected chi connectivity index (χ3v) is 16.0. The van der Waals surface area contributed by atoms with Crippen LogP contribution in [-0.4, -0.2) is 37.2 Å². The summed E-state index contributed by atoms with van der Waals surface area (Å²) in [6.07, 6.45) is 90.0. The Balaban J connectivity index is 4.06. The van der Waals surface area contributed by atoms with Crippen LogP contribution >= 0.6 is 0 Å². The highest BCUT2D eigenvalue weighted by atomic mass is 16.6. The van der Waals surface area contributed by atoms with Gasteiger partial charge in [0, 0.05) is 19.3 Å². The van der Waals surface area contributed by atoms with Gasteiger partial charge in [0.1, 0.15) is 13.2 Å². The Labute approximate surface area is 504 Å². The quantitative estimate of drug-likeness (QED) is 0.0261. The Morgan fingerprint density at radius 3 is 0.765 bits per heavy atom. The normalized spacial score (nSPS) is 12.4. The van der Waals surface area contributed by atoms with Gasteiger partial charge in [-0.2, -0.15) is 0 Å². The number of hydrogen-bond acceptors (Lipinski definition) is 6. The van der Waals surface area contributed by atoms with Crippen LogP contribution in [0.25, 0.3) is 0 Å². The van der Waals surface area contributed by atoms with Gasteiger partial charge >= 0.3 is 17.9 Å². The van der Waals surface area contributed by atoms with Crippen molar-refractivity contribution in [1.82, 2.24) is 0 Å². The lowest BCUT2D eigenvalue weighted by Gasteiger charge is -2.18. The number of unbranched alkanes of at least 4 members (excludes halogenated alkanes) is 45. The van der Waals surface area contributed by atoms with Crippen molar-refractivity contribution in [3.63, 3.8) is 0 Å². The fourth-order valence-electron chi connectivity index (χ4n) is 10.7. The van der Waals surface area contributed by atoms with Gasteiger partial charge in [0.05, 0.1) is 0 Å². The minimum Gasteiger partial charge on any atom is -0.462 e. The molecule has 0 saturated carbocycles. The van der Waals surface area contributed by atoms with Gasteiger partial charge in [0.15, 0.2) is 6.10 Å². The maximum atomic E-state index is 12.9. The van der Waals surface area contributed by atoms with E-state index in [2.05, 4.69) is 81.5 Å². The van der Waals surface area contributed by atoms with Crippen molar-refractivity contribution in [1.29, 1.82) is 0 Å². The predicted molar refractivity (Wildman–Crippen MR) is 353 cm³/mol. The standard InChI is InChI=1S/C75H136O6/c1-4-7-10-13-16-19-22-24-26-28-29-30-31-32-33-34-35-36-37-38-39-40-41-42-43-44-45-47-48-50-53-56-59-62-65-68-74(77)80-71-72(70-79-73(76)67-64-61-58-55-52-21-18-15-12-9-6-3)81-75(78)69-66-63-60-57-54-51-49-46-27-25-23-20-17-14-11-8-5-2/h8,11,17,20,25,27-29,49,51,72H,4-7,9-10,12-16,18-19,21-24,26,30-48,50,52-71H2,1-3H3/b11-8-,20-17-,27-25-,29-28-,51-49-. The molecule has 0 rings (SSSR count). The minimum atomic E-state index is -0.785. The molecule has 1 atom stereocenters. The maximum Gasteiger partial charge on any atom is 0.306 e. The molecule has 0 heterocycles. The maximum absolute atomic E-state index is 12.9. The summed E-state index contributed by atoms with van der Waals surface area (Å²) in [4.78, 5) is 38.3. The van der Waals surface area contributed by atoms with Crippen molar-refractivity contribution in [2.45, 2.75) is 386 Å². The third-order valence-electron chi connectivity index (χ3n) is 16.0. The summed E-state index contributed by atoms with van der Waals surface area (Å²) < 4.78 is 16.9. The van der Waals surface area contributed by atoms with E-state index in [1.807, 2.05) is 0 Å². The zero-order valence-electron chi connectivity index (χ0n) is 54.3. The van der Waals surface area contributed by atoms with Crippen molar-refractivity contribution in [2.24, 2.45) is 0 Å². The second-order valence-corrected chi connectivity index (χ2v) is 24.1. The number of carbonyl (C=O) groups is 3. The van der Waals surface area contributed by atoms with Gasteiger partial charge in [-0.15, -0.1) is 0 Å².